The molecule has 2 fully saturated rings. The van der Waals surface area contributed by atoms with Gasteiger partial charge >= 0.3 is 0 Å². The third-order valence-corrected chi connectivity index (χ3v) is 6.93. The van der Waals surface area contributed by atoms with Crippen molar-refractivity contribution in [1.82, 2.24) is 9.78 Å². The molecule has 0 N–H and O–H groups in total. The third kappa shape index (κ3) is 2.77. The Morgan fingerprint density at radius 2 is 1.90 bits per heavy atom. The maximum atomic E-state index is 6.55. The minimum absolute atomic E-state index is 0.147. The number of rotatable bonds is 4. The summed E-state index contributed by atoms with van der Waals surface area (Å²) in [6.45, 7) is 11.0. The van der Waals surface area contributed by atoms with Crippen molar-refractivity contribution in [3.63, 3.8) is 0 Å². The molecule has 0 amide bonds. The minimum atomic E-state index is -0.631. The van der Waals surface area contributed by atoms with Gasteiger partial charge in [0.15, 0.2) is 5.79 Å². The Bertz CT molecular complexity index is 958. The van der Waals surface area contributed by atoms with Gasteiger partial charge in [0.25, 0.3) is 0 Å². The standard InChI is InChI=1S/C25H28N2O2/c1-4-22-23(5-2)29-25(28-22)13-9-12-20-14-21-19(15-24(20,25)3)16-26-27(21)17-18-10-7-6-8-11-18/h4-8,10-11,14,16,22-23H,1-2,9,12-13,15,17H2,3H3/t22-,23-,24+/m1/s1. The van der Waals surface area contributed by atoms with Crippen LogP contribution in [0.2, 0.25) is 0 Å². The highest BCUT2D eigenvalue weighted by Gasteiger charge is 2.61. The van der Waals surface area contributed by atoms with E-state index < -0.39 is 5.79 Å². The summed E-state index contributed by atoms with van der Waals surface area (Å²) in [7, 11) is 0. The fraction of sp³-hybridized carbons (Fsp3) is 0.400. The van der Waals surface area contributed by atoms with E-state index in [1.54, 1.807) is 0 Å². The van der Waals surface area contributed by atoms with Crippen LogP contribution < -0.4 is 0 Å². The van der Waals surface area contributed by atoms with E-state index in [0.717, 1.165) is 32.2 Å². The van der Waals surface area contributed by atoms with Crippen LogP contribution in [0.25, 0.3) is 6.08 Å². The predicted octanol–water partition coefficient (Wildman–Crippen LogP) is 4.91. The van der Waals surface area contributed by atoms with Crippen molar-refractivity contribution < 1.29 is 9.47 Å². The second-order valence-electron chi connectivity index (χ2n) is 8.62. The van der Waals surface area contributed by atoms with Gasteiger partial charge in [0.05, 0.1) is 18.4 Å². The molecule has 4 nitrogen and oxygen atoms in total. The number of ether oxygens (including phenoxy) is 2. The molecule has 5 rings (SSSR count). The largest absolute Gasteiger partial charge is 0.339 e. The number of nitrogens with zero attached hydrogens (tertiary/aromatic N) is 2. The first-order valence-electron chi connectivity index (χ1n) is 10.5. The Balaban J connectivity index is 1.51. The van der Waals surface area contributed by atoms with E-state index in [2.05, 4.69) is 55.1 Å². The smallest absolute Gasteiger partial charge is 0.179 e. The minimum Gasteiger partial charge on any atom is -0.339 e. The highest BCUT2D eigenvalue weighted by atomic mass is 16.8. The summed E-state index contributed by atoms with van der Waals surface area (Å²) in [4.78, 5) is 0. The maximum Gasteiger partial charge on any atom is 0.179 e. The van der Waals surface area contributed by atoms with Gasteiger partial charge in [-0.2, -0.15) is 5.10 Å². The number of fused-ring (bicyclic) bond motifs is 3. The average Bonchev–Trinajstić information content (AvgIpc) is 3.30. The second kappa shape index (κ2) is 6.82. The van der Waals surface area contributed by atoms with E-state index in [4.69, 9.17) is 14.6 Å². The first-order valence-corrected chi connectivity index (χ1v) is 10.5. The van der Waals surface area contributed by atoms with Crippen LogP contribution in [-0.2, 0) is 22.4 Å². The van der Waals surface area contributed by atoms with Crippen molar-refractivity contribution >= 4 is 6.08 Å². The SMILES string of the molecule is C=C[C@H]1OC2(CCCC3=Cc4c(cnn4Cc4ccccc4)C[C@@]32C)O[C@@H]1C=C. The fourth-order valence-electron chi connectivity index (χ4n) is 5.30. The third-order valence-electron chi connectivity index (χ3n) is 6.93. The summed E-state index contributed by atoms with van der Waals surface area (Å²) in [6, 6.07) is 10.5. The van der Waals surface area contributed by atoms with Gasteiger partial charge < -0.3 is 9.47 Å². The summed E-state index contributed by atoms with van der Waals surface area (Å²) in [5.74, 6) is -0.631. The van der Waals surface area contributed by atoms with Crippen LogP contribution in [0.1, 0.15) is 43.0 Å². The van der Waals surface area contributed by atoms with Crippen molar-refractivity contribution in [2.75, 3.05) is 0 Å². The van der Waals surface area contributed by atoms with Crippen LogP contribution in [-0.4, -0.2) is 27.8 Å². The monoisotopic (exact) mass is 388 g/mol. The molecule has 2 heterocycles. The Kier molecular flexibility index (Phi) is 4.37. The Morgan fingerprint density at radius 3 is 2.59 bits per heavy atom. The van der Waals surface area contributed by atoms with E-state index >= 15 is 0 Å². The summed E-state index contributed by atoms with van der Waals surface area (Å²) in [5, 5.41) is 4.72. The molecule has 1 aromatic heterocycles. The molecule has 0 radical (unpaired) electrons. The molecule has 1 saturated heterocycles. The molecule has 2 aliphatic carbocycles. The van der Waals surface area contributed by atoms with E-state index in [-0.39, 0.29) is 17.6 Å². The number of benzene rings is 1. The highest BCUT2D eigenvalue weighted by molar-refractivity contribution is 5.60. The van der Waals surface area contributed by atoms with Gasteiger partial charge in [0.2, 0.25) is 0 Å². The molecule has 3 atom stereocenters. The van der Waals surface area contributed by atoms with Crippen LogP contribution in [0.3, 0.4) is 0 Å². The van der Waals surface area contributed by atoms with E-state index in [1.165, 1.54) is 22.4 Å². The van der Waals surface area contributed by atoms with Crippen molar-refractivity contribution in [2.24, 2.45) is 5.41 Å². The lowest BCUT2D eigenvalue weighted by atomic mass is 9.62. The summed E-state index contributed by atoms with van der Waals surface area (Å²) in [6.07, 6.45) is 11.6. The number of aromatic nitrogens is 2. The molecular formula is C25H28N2O2. The fourth-order valence-corrected chi connectivity index (χ4v) is 5.30. The van der Waals surface area contributed by atoms with Crippen molar-refractivity contribution in [3.05, 3.63) is 84.2 Å². The van der Waals surface area contributed by atoms with Crippen LogP contribution in [0.4, 0.5) is 0 Å². The Labute approximate surface area is 172 Å². The lowest BCUT2D eigenvalue weighted by Crippen LogP contribution is -2.53. The summed E-state index contributed by atoms with van der Waals surface area (Å²) >= 11 is 0. The zero-order valence-corrected chi connectivity index (χ0v) is 17.0. The molecular weight excluding hydrogens is 360 g/mol. The van der Waals surface area contributed by atoms with Crippen LogP contribution in [0, 0.1) is 5.41 Å². The van der Waals surface area contributed by atoms with Crippen LogP contribution in [0.5, 0.6) is 0 Å². The molecule has 0 bridgehead atoms. The molecule has 3 aliphatic rings. The van der Waals surface area contributed by atoms with Gasteiger partial charge in [-0.15, -0.1) is 13.2 Å². The lowest BCUT2D eigenvalue weighted by Gasteiger charge is -2.51. The molecule has 2 aromatic rings. The van der Waals surface area contributed by atoms with E-state index in [0.29, 0.717) is 0 Å². The topological polar surface area (TPSA) is 36.3 Å². The van der Waals surface area contributed by atoms with Crippen molar-refractivity contribution in [2.45, 2.75) is 57.1 Å². The molecule has 29 heavy (non-hydrogen) atoms. The van der Waals surface area contributed by atoms with E-state index in [9.17, 15) is 0 Å². The second-order valence-corrected chi connectivity index (χ2v) is 8.62. The molecule has 1 aliphatic heterocycles. The first kappa shape index (κ1) is 18.6. The zero-order valence-electron chi connectivity index (χ0n) is 17.0. The van der Waals surface area contributed by atoms with Crippen LogP contribution >= 0.6 is 0 Å². The van der Waals surface area contributed by atoms with Gasteiger partial charge in [-0.25, -0.2) is 0 Å². The summed E-state index contributed by atoms with van der Waals surface area (Å²) in [5.41, 5.74) is 4.93. The Hall–Kier alpha value is -2.43. The molecule has 150 valence electrons. The molecule has 4 heteroatoms. The van der Waals surface area contributed by atoms with Crippen LogP contribution in [0.15, 0.2) is 67.4 Å². The van der Waals surface area contributed by atoms with Crippen molar-refractivity contribution in [3.8, 4) is 0 Å². The summed E-state index contributed by atoms with van der Waals surface area (Å²) < 4.78 is 15.2. The van der Waals surface area contributed by atoms with Crippen molar-refractivity contribution in [1.29, 1.82) is 0 Å². The predicted molar refractivity (Wildman–Crippen MR) is 114 cm³/mol. The quantitative estimate of drug-likeness (QED) is 0.698. The van der Waals surface area contributed by atoms with E-state index in [1.807, 2.05) is 24.4 Å². The first-order chi connectivity index (χ1) is 14.1. The molecule has 1 spiro atoms. The molecule has 0 unspecified atom stereocenters. The normalized spacial score (nSPS) is 29.8. The zero-order chi connectivity index (χ0) is 20.1. The average molecular weight is 389 g/mol. The number of hydrogen-bond acceptors (Lipinski definition) is 3. The highest BCUT2D eigenvalue weighted by Crippen LogP contribution is 2.58. The maximum absolute atomic E-state index is 6.55. The number of hydrogen-bond donors (Lipinski definition) is 0. The molecule has 1 saturated carbocycles. The lowest BCUT2D eigenvalue weighted by molar-refractivity contribution is -0.243. The van der Waals surface area contributed by atoms with Gasteiger partial charge in [0, 0.05) is 11.8 Å². The molecule has 1 aromatic carbocycles. The van der Waals surface area contributed by atoms with Gasteiger partial charge in [-0.1, -0.05) is 55.0 Å². The van der Waals surface area contributed by atoms with Gasteiger partial charge in [-0.05, 0) is 36.5 Å². The van der Waals surface area contributed by atoms with Gasteiger partial charge in [-0.3, -0.25) is 4.68 Å². The Morgan fingerprint density at radius 1 is 1.17 bits per heavy atom. The van der Waals surface area contributed by atoms with Gasteiger partial charge in [0.1, 0.15) is 12.2 Å².